The number of nitrogens with zero attached hydrogens (tertiary/aromatic N) is 5. The highest BCUT2D eigenvalue weighted by Gasteiger charge is 2.16. The molecule has 25 heavy (non-hydrogen) atoms. The molecule has 0 saturated heterocycles. The van der Waals surface area contributed by atoms with E-state index in [4.69, 9.17) is 0 Å². The molecule has 0 fully saturated rings. The maximum absolute atomic E-state index is 13.1. The number of benzene rings is 1. The van der Waals surface area contributed by atoms with Crippen LogP contribution >= 0.6 is 0 Å². The van der Waals surface area contributed by atoms with E-state index in [-0.39, 0.29) is 5.56 Å². The molecule has 3 rings (SSSR count). The second-order valence-corrected chi connectivity index (χ2v) is 6.25. The summed E-state index contributed by atoms with van der Waals surface area (Å²) in [5.74, 6) is 0. The van der Waals surface area contributed by atoms with Crippen LogP contribution in [0.15, 0.2) is 35.3 Å². The molecule has 0 bridgehead atoms. The smallest absolute Gasteiger partial charge is 0.293 e. The summed E-state index contributed by atoms with van der Waals surface area (Å²) < 4.78 is 3.32. The van der Waals surface area contributed by atoms with Crippen LogP contribution < -0.4 is 5.56 Å². The Morgan fingerprint density at radius 2 is 1.84 bits per heavy atom. The van der Waals surface area contributed by atoms with E-state index in [2.05, 4.69) is 28.9 Å². The molecule has 0 aliphatic rings. The normalized spacial score (nSPS) is 11.6. The van der Waals surface area contributed by atoms with Crippen molar-refractivity contribution < 1.29 is 0 Å². The first kappa shape index (κ1) is 17.4. The minimum Gasteiger partial charge on any atom is -0.302 e. The van der Waals surface area contributed by atoms with Crippen molar-refractivity contribution in [2.75, 3.05) is 19.6 Å². The number of fused-ring (bicyclic) bond motifs is 1. The average molecular weight is 339 g/mol. The summed E-state index contributed by atoms with van der Waals surface area (Å²) in [6.07, 6.45) is 1.74. The van der Waals surface area contributed by atoms with Crippen LogP contribution in [0.25, 0.3) is 16.6 Å². The summed E-state index contributed by atoms with van der Waals surface area (Å²) in [6.45, 7) is 11.5. The van der Waals surface area contributed by atoms with E-state index in [1.165, 1.54) is 0 Å². The number of rotatable bonds is 6. The largest absolute Gasteiger partial charge is 0.302 e. The lowest BCUT2D eigenvalue weighted by atomic mass is 10.2. The molecule has 2 aromatic heterocycles. The van der Waals surface area contributed by atoms with Crippen molar-refractivity contribution in [3.63, 3.8) is 0 Å². The van der Waals surface area contributed by atoms with Crippen molar-refractivity contribution in [2.45, 2.75) is 34.2 Å². The topological polar surface area (TPSA) is 56.0 Å². The Morgan fingerprint density at radius 3 is 2.52 bits per heavy atom. The number of para-hydroxylation sites is 1. The molecule has 0 spiro atoms. The van der Waals surface area contributed by atoms with Gasteiger partial charge in [-0.15, -0.1) is 0 Å². The van der Waals surface area contributed by atoms with Gasteiger partial charge in [-0.1, -0.05) is 32.0 Å². The first-order valence-electron chi connectivity index (χ1n) is 8.80. The number of aromatic nitrogens is 4. The zero-order chi connectivity index (χ0) is 18.0. The molecule has 6 heteroatoms. The Bertz CT molecular complexity index is 937. The summed E-state index contributed by atoms with van der Waals surface area (Å²) in [6, 6.07) is 7.95. The third-order valence-electron chi connectivity index (χ3n) is 4.73. The number of aryl methyl sites for hydroxylation is 2. The van der Waals surface area contributed by atoms with Gasteiger partial charge in [-0.25, -0.2) is 9.36 Å². The van der Waals surface area contributed by atoms with Gasteiger partial charge in [-0.05, 0) is 38.6 Å². The van der Waals surface area contributed by atoms with Gasteiger partial charge < -0.3 is 4.90 Å². The van der Waals surface area contributed by atoms with Crippen LogP contribution in [0, 0.1) is 13.8 Å². The Morgan fingerprint density at radius 1 is 1.12 bits per heavy atom. The van der Waals surface area contributed by atoms with Crippen LogP contribution in [-0.4, -0.2) is 44.1 Å². The highest BCUT2D eigenvalue weighted by Crippen LogP contribution is 2.19. The maximum atomic E-state index is 13.1. The first-order valence-corrected chi connectivity index (χ1v) is 8.80. The molecule has 1 aromatic carbocycles. The molecule has 132 valence electrons. The molecule has 0 unspecified atom stereocenters. The number of likely N-dealkylation sites (N-methyl/N-ethyl adjacent to an activating group) is 1. The third-order valence-corrected chi connectivity index (χ3v) is 4.73. The molecule has 0 radical (unpaired) electrons. The molecule has 0 aliphatic heterocycles. The minimum absolute atomic E-state index is 0.0893. The molecule has 3 aromatic rings. The Hall–Kier alpha value is -2.47. The van der Waals surface area contributed by atoms with E-state index in [0.29, 0.717) is 12.1 Å². The quantitative estimate of drug-likeness (QED) is 0.692. The van der Waals surface area contributed by atoms with Crippen molar-refractivity contribution in [3.05, 3.63) is 52.1 Å². The van der Waals surface area contributed by atoms with Crippen LogP contribution in [0.2, 0.25) is 0 Å². The van der Waals surface area contributed by atoms with E-state index < -0.39 is 0 Å². The van der Waals surface area contributed by atoms with Crippen molar-refractivity contribution >= 4 is 10.9 Å². The van der Waals surface area contributed by atoms with Crippen molar-refractivity contribution in [3.8, 4) is 5.69 Å². The van der Waals surface area contributed by atoms with Gasteiger partial charge in [0, 0.05) is 11.9 Å². The number of hydrogen-bond acceptors (Lipinski definition) is 4. The van der Waals surface area contributed by atoms with E-state index >= 15 is 0 Å². The Balaban J connectivity index is 2.11. The zero-order valence-corrected chi connectivity index (χ0v) is 15.4. The zero-order valence-electron chi connectivity index (χ0n) is 15.4. The summed E-state index contributed by atoms with van der Waals surface area (Å²) in [4.78, 5) is 15.3. The van der Waals surface area contributed by atoms with Gasteiger partial charge >= 0.3 is 0 Å². The Labute approximate surface area is 147 Å². The lowest BCUT2D eigenvalue weighted by Crippen LogP contribution is -2.33. The van der Waals surface area contributed by atoms with Gasteiger partial charge in [0.15, 0.2) is 0 Å². The van der Waals surface area contributed by atoms with Gasteiger partial charge in [0.25, 0.3) is 5.56 Å². The third kappa shape index (κ3) is 3.22. The molecule has 0 N–H and O–H groups in total. The molecule has 6 nitrogen and oxygen atoms in total. The fraction of sp³-hybridized carbons (Fsp3) is 0.421. The predicted molar refractivity (Wildman–Crippen MR) is 100 cm³/mol. The van der Waals surface area contributed by atoms with E-state index in [0.717, 1.165) is 42.0 Å². The van der Waals surface area contributed by atoms with Crippen molar-refractivity contribution in [2.24, 2.45) is 0 Å². The van der Waals surface area contributed by atoms with E-state index in [1.807, 2.05) is 38.1 Å². The molecule has 2 heterocycles. The molecular formula is C19H25N5O. The van der Waals surface area contributed by atoms with E-state index in [9.17, 15) is 4.79 Å². The van der Waals surface area contributed by atoms with Gasteiger partial charge in [0.1, 0.15) is 5.52 Å². The summed E-state index contributed by atoms with van der Waals surface area (Å²) in [7, 11) is 0. The molecule has 0 saturated carbocycles. The highest BCUT2D eigenvalue weighted by atomic mass is 16.1. The standard InChI is InChI=1S/C19H25N5O/c1-5-22(6-2)11-12-23-19(25)18-16(15(4)21-23)13-20-24(18)17-10-8-7-9-14(17)3/h7-10,13H,5-6,11-12H2,1-4H3. The highest BCUT2D eigenvalue weighted by molar-refractivity contribution is 5.81. The van der Waals surface area contributed by atoms with Crippen LogP contribution in [0.1, 0.15) is 25.1 Å². The minimum atomic E-state index is -0.0893. The first-order chi connectivity index (χ1) is 12.1. The second kappa shape index (κ2) is 7.19. The molecule has 0 aliphatic carbocycles. The summed E-state index contributed by atoms with van der Waals surface area (Å²) in [5.41, 5.74) is 3.34. The SMILES string of the molecule is CCN(CC)CCn1nc(C)c2cnn(-c3ccccc3C)c2c1=O. The van der Waals surface area contributed by atoms with E-state index in [1.54, 1.807) is 15.6 Å². The summed E-state index contributed by atoms with van der Waals surface area (Å²) in [5, 5.41) is 9.78. The lowest BCUT2D eigenvalue weighted by Gasteiger charge is -2.18. The number of hydrogen-bond donors (Lipinski definition) is 0. The van der Waals surface area contributed by atoms with Crippen molar-refractivity contribution in [1.82, 2.24) is 24.5 Å². The second-order valence-electron chi connectivity index (χ2n) is 6.25. The molecular weight excluding hydrogens is 314 g/mol. The molecule has 0 amide bonds. The van der Waals surface area contributed by atoms with Crippen LogP contribution in [0.5, 0.6) is 0 Å². The Kier molecular flexibility index (Phi) is 4.99. The summed E-state index contributed by atoms with van der Waals surface area (Å²) >= 11 is 0. The molecule has 0 atom stereocenters. The van der Waals surface area contributed by atoms with Gasteiger partial charge in [-0.3, -0.25) is 4.79 Å². The van der Waals surface area contributed by atoms with Crippen LogP contribution in [0.3, 0.4) is 0 Å². The average Bonchev–Trinajstić information content (AvgIpc) is 3.06. The van der Waals surface area contributed by atoms with Gasteiger partial charge in [-0.2, -0.15) is 10.2 Å². The van der Waals surface area contributed by atoms with Crippen LogP contribution in [-0.2, 0) is 6.54 Å². The van der Waals surface area contributed by atoms with Gasteiger partial charge in [0.2, 0.25) is 0 Å². The maximum Gasteiger partial charge on any atom is 0.293 e. The van der Waals surface area contributed by atoms with Crippen molar-refractivity contribution in [1.29, 1.82) is 0 Å². The monoisotopic (exact) mass is 339 g/mol. The lowest BCUT2D eigenvalue weighted by molar-refractivity contribution is 0.282. The fourth-order valence-electron chi connectivity index (χ4n) is 3.13. The predicted octanol–water partition coefficient (Wildman–Crippen LogP) is 2.54. The van der Waals surface area contributed by atoms with Gasteiger partial charge in [0.05, 0.1) is 24.1 Å². The fourth-order valence-corrected chi connectivity index (χ4v) is 3.13. The van der Waals surface area contributed by atoms with Crippen LogP contribution in [0.4, 0.5) is 0 Å².